The third-order valence-electron chi connectivity index (χ3n) is 2.79. The number of rotatable bonds is 3. The number of halogens is 3. The Bertz CT molecular complexity index is 391. The Morgan fingerprint density at radius 2 is 2.35 bits per heavy atom. The van der Waals surface area contributed by atoms with Crippen molar-refractivity contribution in [2.24, 2.45) is 0 Å². The van der Waals surface area contributed by atoms with Crippen molar-refractivity contribution in [3.8, 4) is 0 Å². The van der Waals surface area contributed by atoms with Crippen molar-refractivity contribution in [2.45, 2.75) is 12.6 Å². The normalized spacial score (nSPS) is 21.7. The van der Waals surface area contributed by atoms with Crippen LogP contribution >= 0.6 is 27.5 Å². The molecule has 0 bridgehead atoms. The highest BCUT2D eigenvalue weighted by Gasteiger charge is 2.19. The van der Waals surface area contributed by atoms with E-state index in [0.717, 1.165) is 37.1 Å². The molecule has 0 amide bonds. The minimum atomic E-state index is -0.365. The average Bonchev–Trinajstić information content (AvgIpc) is 2.34. The highest BCUT2D eigenvalue weighted by atomic mass is 79.9. The number of morpholine rings is 1. The van der Waals surface area contributed by atoms with Crippen LogP contribution < -0.4 is 0 Å². The van der Waals surface area contributed by atoms with Gasteiger partial charge in [-0.05, 0) is 17.7 Å². The van der Waals surface area contributed by atoms with Crippen molar-refractivity contribution >= 4 is 27.5 Å². The summed E-state index contributed by atoms with van der Waals surface area (Å²) in [5.74, 6) is -0.365. The number of benzene rings is 1. The zero-order valence-electron chi connectivity index (χ0n) is 9.33. The lowest BCUT2D eigenvalue weighted by molar-refractivity contribution is -0.0181. The van der Waals surface area contributed by atoms with Crippen molar-refractivity contribution in [3.05, 3.63) is 34.6 Å². The standard InChI is InChI=1S/C12H14BrClFNO/c13-6-10-8-16(3-4-17-10)7-9-1-2-12(15)11(14)5-9/h1-2,5,10H,3-4,6-8H2. The van der Waals surface area contributed by atoms with E-state index < -0.39 is 0 Å². The van der Waals surface area contributed by atoms with Crippen LogP contribution in [0.5, 0.6) is 0 Å². The second kappa shape index (κ2) is 6.14. The summed E-state index contributed by atoms with van der Waals surface area (Å²) in [6.07, 6.45) is 0.236. The van der Waals surface area contributed by atoms with E-state index >= 15 is 0 Å². The molecule has 0 spiro atoms. The minimum Gasteiger partial charge on any atom is -0.375 e. The van der Waals surface area contributed by atoms with Gasteiger partial charge in [-0.15, -0.1) is 0 Å². The first kappa shape index (κ1) is 13.3. The Morgan fingerprint density at radius 3 is 3.06 bits per heavy atom. The molecule has 17 heavy (non-hydrogen) atoms. The summed E-state index contributed by atoms with van der Waals surface area (Å²) in [4.78, 5) is 2.29. The molecule has 0 saturated carbocycles. The highest BCUT2D eigenvalue weighted by molar-refractivity contribution is 9.09. The van der Waals surface area contributed by atoms with Crippen LogP contribution in [0.4, 0.5) is 4.39 Å². The van der Waals surface area contributed by atoms with Gasteiger partial charge in [-0.1, -0.05) is 33.6 Å². The molecule has 1 aliphatic rings. The predicted molar refractivity (Wildman–Crippen MR) is 70.2 cm³/mol. The minimum absolute atomic E-state index is 0.188. The van der Waals surface area contributed by atoms with Crippen molar-refractivity contribution in [1.82, 2.24) is 4.90 Å². The molecule has 1 unspecified atom stereocenters. The Hall–Kier alpha value is -0.160. The molecule has 1 aromatic carbocycles. The van der Waals surface area contributed by atoms with Crippen molar-refractivity contribution in [1.29, 1.82) is 0 Å². The van der Waals surface area contributed by atoms with Crippen LogP contribution in [-0.2, 0) is 11.3 Å². The van der Waals surface area contributed by atoms with Crippen LogP contribution in [0.15, 0.2) is 18.2 Å². The maximum atomic E-state index is 13.0. The summed E-state index contributed by atoms with van der Waals surface area (Å²) in [6, 6.07) is 4.88. The molecular formula is C12H14BrClFNO. The summed E-state index contributed by atoms with van der Waals surface area (Å²) in [7, 11) is 0. The Balaban J connectivity index is 1.97. The molecule has 1 fully saturated rings. The van der Waals surface area contributed by atoms with E-state index in [1.54, 1.807) is 12.1 Å². The van der Waals surface area contributed by atoms with E-state index in [-0.39, 0.29) is 16.9 Å². The van der Waals surface area contributed by atoms with E-state index in [2.05, 4.69) is 20.8 Å². The van der Waals surface area contributed by atoms with Gasteiger partial charge in [0.05, 0.1) is 17.7 Å². The zero-order valence-corrected chi connectivity index (χ0v) is 11.7. The molecule has 0 N–H and O–H groups in total. The molecule has 2 nitrogen and oxygen atoms in total. The van der Waals surface area contributed by atoms with Gasteiger partial charge in [0.15, 0.2) is 0 Å². The first-order valence-corrected chi connectivity index (χ1v) is 7.03. The molecule has 1 aromatic rings. The number of hydrogen-bond acceptors (Lipinski definition) is 2. The molecule has 0 aromatic heterocycles. The van der Waals surface area contributed by atoms with Crippen LogP contribution in [0.25, 0.3) is 0 Å². The Kier molecular flexibility index (Phi) is 4.79. The Morgan fingerprint density at radius 1 is 1.53 bits per heavy atom. The van der Waals surface area contributed by atoms with Gasteiger partial charge in [-0.25, -0.2) is 4.39 Å². The second-order valence-corrected chi connectivity index (χ2v) is 5.19. The Labute approximate surface area is 114 Å². The second-order valence-electron chi connectivity index (χ2n) is 4.13. The fourth-order valence-corrected chi connectivity index (χ4v) is 2.51. The summed E-state index contributed by atoms with van der Waals surface area (Å²) in [5.41, 5.74) is 1.03. The van der Waals surface area contributed by atoms with Gasteiger partial charge in [-0.2, -0.15) is 0 Å². The number of ether oxygens (including phenoxy) is 1. The topological polar surface area (TPSA) is 12.5 Å². The lowest BCUT2D eigenvalue weighted by atomic mass is 10.2. The number of hydrogen-bond donors (Lipinski definition) is 0. The van der Waals surface area contributed by atoms with Crippen LogP contribution in [0.2, 0.25) is 5.02 Å². The zero-order chi connectivity index (χ0) is 12.3. The molecule has 2 rings (SSSR count). The molecule has 0 aliphatic carbocycles. The third-order valence-corrected chi connectivity index (χ3v) is 3.80. The van der Waals surface area contributed by atoms with Crippen molar-refractivity contribution < 1.29 is 9.13 Å². The van der Waals surface area contributed by atoms with Crippen molar-refractivity contribution in [3.63, 3.8) is 0 Å². The molecule has 0 radical (unpaired) electrons. The van der Waals surface area contributed by atoms with Gasteiger partial charge in [0, 0.05) is 25.0 Å². The molecule has 5 heteroatoms. The molecule has 1 saturated heterocycles. The molecular weight excluding hydrogens is 308 g/mol. The van der Waals surface area contributed by atoms with E-state index in [0.29, 0.717) is 0 Å². The van der Waals surface area contributed by atoms with Crippen LogP contribution in [0.3, 0.4) is 0 Å². The maximum Gasteiger partial charge on any atom is 0.141 e. The molecule has 1 heterocycles. The van der Waals surface area contributed by atoms with E-state index in [1.165, 1.54) is 6.07 Å². The molecule has 94 valence electrons. The number of alkyl halides is 1. The van der Waals surface area contributed by atoms with Crippen molar-refractivity contribution in [2.75, 3.05) is 25.0 Å². The van der Waals surface area contributed by atoms with Gasteiger partial charge < -0.3 is 4.74 Å². The number of nitrogens with zero attached hydrogens (tertiary/aromatic N) is 1. The largest absolute Gasteiger partial charge is 0.375 e. The van der Waals surface area contributed by atoms with E-state index in [1.807, 2.05) is 0 Å². The lowest BCUT2D eigenvalue weighted by Crippen LogP contribution is -2.42. The van der Waals surface area contributed by atoms with Gasteiger partial charge in [0.2, 0.25) is 0 Å². The third kappa shape index (κ3) is 3.65. The van der Waals surface area contributed by atoms with Crippen LogP contribution in [0.1, 0.15) is 5.56 Å². The summed E-state index contributed by atoms with van der Waals surface area (Å²) < 4.78 is 18.6. The quantitative estimate of drug-likeness (QED) is 0.793. The van der Waals surface area contributed by atoms with Gasteiger partial charge in [0.25, 0.3) is 0 Å². The lowest BCUT2D eigenvalue weighted by Gasteiger charge is -2.32. The fraction of sp³-hybridized carbons (Fsp3) is 0.500. The maximum absolute atomic E-state index is 13.0. The molecule has 1 aliphatic heterocycles. The van der Waals surface area contributed by atoms with E-state index in [4.69, 9.17) is 16.3 Å². The SMILES string of the molecule is Fc1ccc(CN2CCOC(CBr)C2)cc1Cl. The first-order valence-electron chi connectivity index (χ1n) is 5.53. The van der Waals surface area contributed by atoms with Crippen LogP contribution in [0, 0.1) is 5.82 Å². The summed E-state index contributed by atoms with van der Waals surface area (Å²) in [6.45, 7) is 3.32. The van der Waals surface area contributed by atoms with Crippen LogP contribution in [-0.4, -0.2) is 36.0 Å². The first-order chi connectivity index (χ1) is 8.19. The van der Waals surface area contributed by atoms with Gasteiger partial charge in [0.1, 0.15) is 5.82 Å². The summed E-state index contributed by atoms with van der Waals surface area (Å²) in [5, 5.41) is 1.03. The summed E-state index contributed by atoms with van der Waals surface area (Å²) >= 11 is 9.18. The van der Waals surface area contributed by atoms with Gasteiger partial charge >= 0.3 is 0 Å². The average molecular weight is 323 g/mol. The smallest absolute Gasteiger partial charge is 0.141 e. The predicted octanol–water partition coefficient (Wildman–Crippen LogP) is 3.07. The van der Waals surface area contributed by atoms with E-state index in [9.17, 15) is 4.39 Å². The highest BCUT2D eigenvalue weighted by Crippen LogP contribution is 2.18. The molecule has 1 atom stereocenters. The fourth-order valence-electron chi connectivity index (χ4n) is 1.91. The monoisotopic (exact) mass is 321 g/mol. The van der Waals surface area contributed by atoms with Gasteiger partial charge in [-0.3, -0.25) is 4.90 Å².